The molecular weight excluding hydrogens is 434 g/mol. The van der Waals surface area contributed by atoms with Gasteiger partial charge in [-0.2, -0.15) is 4.31 Å². The lowest BCUT2D eigenvalue weighted by Crippen LogP contribution is -2.48. The summed E-state index contributed by atoms with van der Waals surface area (Å²) in [5.41, 5.74) is 1.19. The topological polar surface area (TPSA) is 97.4 Å². The fourth-order valence-electron chi connectivity index (χ4n) is 3.54. The Hall–Kier alpha value is -2.98. The number of amides is 1. The van der Waals surface area contributed by atoms with Gasteiger partial charge in [0.05, 0.1) is 36.6 Å². The van der Waals surface area contributed by atoms with Crippen molar-refractivity contribution in [3.05, 3.63) is 42.5 Å². The number of carbonyl (C=O) groups is 1. The molecule has 32 heavy (non-hydrogen) atoms. The van der Waals surface area contributed by atoms with Crippen LogP contribution in [0.25, 0.3) is 0 Å². The van der Waals surface area contributed by atoms with Crippen molar-refractivity contribution in [2.75, 3.05) is 56.7 Å². The molecule has 3 rings (SSSR count). The molecule has 0 unspecified atom stereocenters. The number of rotatable bonds is 8. The minimum absolute atomic E-state index is 0.0819. The van der Waals surface area contributed by atoms with Gasteiger partial charge in [-0.1, -0.05) is 12.1 Å². The average Bonchev–Trinajstić information content (AvgIpc) is 2.80. The molecule has 1 amide bonds. The maximum absolute atomic E-state index is 13.3. The monoisotopic (exact) mass is 463 g/mol. The van der Waals surface area contributed by atoms with E-state index >= 15 is 0 Å². The van der Waals surface area contributed by atoms with Crippen molar-refractivity contribution in [1.29, 1.82) is 0 Å². The number of benzene rings is 2. The van der Waals surface area contributed by atoms with Gasteiger partial charge in [0.15, 0.2) is 0 Å². The van der Waals surface area contributed by atoms with Crippen molar-refractivity contribution in [3.63, 3.8) is 0 Å². The molecule has 0 spiro atoms. The minimum atomic E-state index is -3.76. The Morgan fingerprint density at radius 3 is 2.38 bits per heavy atom. The van der Waals surface area contributed by atoms with E-state index in [2.05, 4.69) is 10.2 Å². The Bertz CT molecular complexity index is 1040. The summed E-state index contributed by atoms with van der Waals surface area (Å²) in [7, 11) is -2.14. The third kappa shape index (κ3) is 5.25. The Morgan fingerprint density at radius 2 is 1.72 bits per heavy atom. The van der Waals surface area contributed by atoms with E-state index in [0.29, 0.717) is 38.5 Å². The van der Waals surface area contributed by atoms with E-state index < -0.39 is 16.1 Å². The zero-order valence-corrected chi connectivity index (χ0v) is 19.4. The third-order valence-electron chi connectivity index (χ3n) is 5.07. The second-order valence-electron chi connectivity index (χ2n) is 7.00. The average molecular weight is 464 g/mol. The van der Waals surface area contributed by atoms with Gasteiger partial charge in [-0.05, 0) is 44.2 Å². The molecule has 1 aliphatic rings. The number of para-hydroxylation sites is 2. The number of piperazine rings is 1. The largest absolute Gasteiger partial charge is 0.495 e. The summed E-state index contributed by atoms with van der Waals surface area (Å²) in [5.74, 6) is 1.13. The zero-order chi connectivity index (χ0) is 23.1. The van der Waals surface area contributed by atoms with Crippen molar-refractivity contribution < 1.29 is 27.4 Å². The fourth-order valence-corrected chi connectivity index (χ4v) is 4.98. The molecule has 1 heterocycles. The summed E-state index contributed by atoms with van der Waals surface area (Å²) in [6.07, 6.45) is -0.673. The molecule has 2 aromatic rings. The normalized spacial score (nSPS) is 14.7. The summed E-state index contributed by atoms with van der Waals surface area (Å²) in [6, 6.07) is 12.1. The van der Waals surface area contributed by atoms with E-state index in [0.717, 1.165) is 11.4 Å². The molecule has 1 aliphatic heterocycles. The highest BCUT2D eigenvalue weighted by atomic mass is 32.2. The number of nitrogens with zero attached hydrogens (tertiary/aromatic N) is 2. The minimum Gasteiger partial charge on any atom is -0.495 e. The first-order valence-corrected chi connectivity index (χ1v) is 11.9. The molecule has 2 aromatic carbocycles. The predicted octanol–water partition coefficient (Wildman–Crippen LogP) is 3.17. The highest BCUT2D eigenvalue weighted by molar-refractivity contribution is 7.89. The molecule has 1 fully saturated rings. The van der Waals surface area contributed by atoms with Crippen LogP contribution in [0.5, 0.6) is 11.5 Å². The van der Waals surface area contributed by atoms with Gasteiger partial charge in [0.2, 0.25) is 10.0 Å². The maximum Gasteiger partial charge on any atom is 0.411 e. The molecule has 0 atom stereocenters. The van der Waals surface area contributed by atoms with Crippen LogP contribution in [-0.2, 0) is 14.8 Å². The van der Waals surface area contributed by atoms with Crippen LogP contribution in [0.15, 0.2) is 47.4 Å². The van der Waals surface area contributed by atoms with E-state index in [4.69, 9.17) is 14.2 Å². The molecule has 174 valence electrons. The summed E-state index contributed by atoms with van der Waals surface area (Å²) in [6.45, 7) is 5.78. The number of methoxy groups -OCH3 is 1. The van der Waals surface area contributed by atoms with Crippen molar-refractivity contribution in [2.24, 2.45) is 0 Å². The second kappa shape index (κ2) is 10.6. The molecule has 9 nitrogen and oxygen atoms in total. The quantitative estimate of drug-likeness (QED) is 0.642. The van der Waals surface area contributed by atoms with Gasteiger partial charge in [0.1, 0.15) is 11.5 Å². The van der Waals surface area contributed by atoms with Gasteiger partial charge < -0.3 is 19.1 Å². The van der Waals surface area contributed by atoms with Crippen LogP contribution in [-0.4, -0.2) is 65.3 Å². The van der Waals surface area contributed by atoms with Crippen molar-refractivity contribution in [1.82, 2.24) is 4.31 Å². The van der Waals surface area contributed by atoms with Gasteiger partial charge in [0.25, 0.3) is 0 Å². The molecule has 1 N–H and O–H groups in total. The Kier molecular flexibility index (Phi) is 7.81. The van der Waals surface area contributed by atoms with Crippen LogP contribution in [0.1, 0.15) is 13.8 Å². The van der Waals surface area contributed by atoms with E-state index in [1.54, 1.807) is 27.0 Å². The standard InChI is InChI=1S/C22H29N3O6S/c1-4-30-20-11-10-17(16-18(20)23-22(26)31-5-2)32(27,28)25-14-12-24(13-15-25)19-8-6-7-9-21(19)29-3/h6-11,16H,4-5,12-15H2,1-3H3,(H,23,26). The van der Waals surface area contributed by atoms with Crippen LogP contribution in [0.4, 0.5) is 16.2 Å². The molecule has 10 heteroatoms. The molecule has 0 aromatic heterocycles. The van der Waals surface area contributed by atoms with Gasteiger partial charge in [-0.25, -0.2) is 13.2 Å². The first-order chi connectivity index (χ1) is 15.4. The van der Waals surface area contributed by atoms with Gasteiger partial charge >= 0.3 is 6.09 Å². The molecule has 0 radical (unpaired) electrons. The summed E-state index contributed by atoms with van der Waals surface area (Å²) in [5, 5.41) is 2.56. The first kappa shape index (κ1) is 23.7. The molecule has 0 saturated carbocycles. The molecular formula is C22H29N3O6S. The Balaban J connectivity index is 1.78. The van der Waals surface area contributed by atoms with Crippen molar-refractivity contribution in [3.8, 4) is 11.5 Å². The maximum atomic E-state index is 13.3. The Labute approximate surface area is 188 Å². The molecule has 0 bridgehead atoms. The number of nitrogens with one attached hydrogen (secondary N) is 1. The van der Waals surface area contributed by atoms with E-state index in [-0.39, 0.29) is 17.2 Å². The van der Waals surface area contributed by atoms with Crippen LogP contribution < -0.4 is 19.7 Å². The van der Waals surface area contributed by atoms with Gasteiger partial charge in [-0.3, -0.25) is 5.32 Å². The third-order valence-corrected chi connectivity index (χ3v) is 6.96. The fraction of sp³-hybridized carbons (Fsp3) is 0.409. The summed E-state index contributed by atoms with van der Waals surface area (Å²) >= 11 is 0. The molecule has 1 saturated heterocycles. The van der Waals surface area contributed by atoms with Crippen molar-refractivity contribution in [2.45, 2.75) is 18.7 Å². The lowest BCUT2D eigenvalue weighted by molar-refractivity contribution is 0.167. The van der Waals surface area contributed by atoms with Crippen LogP contribution in [0, 0.1) is 0 Å². The Morgan fingerprint density at radius 1 is 1.00 bits per heavy atom. The predicted molar refractivity (Wildman–Crippen MR) is 122 cm³/mol. The highest BCUT2D eigenvalue weighted by Gasteiger charge is 2.30. The lowest BCUT2D eigenvalue weighted by atomic mass is 10.2. The highest BCUT2D eigenvalue weighted by Crippen LogP contribution is 2.32. The van der Waals surface area contributed by atoms with E-state index in [1.807, 2.05) is 24.3 Å². The number of hydrogen-bond donors (Lipinski definition) is 1. The number of anilines is 2. The number of ether oxygens (including phenoxy) is 3. The number of carbonyl (C=O) groups excluding carboxylic acids is 1. The van der Waals surface area contributed by atoms with Crippen molar-refractivity contribution >= 4 is 27.5 Å². The van der Waals surface area contributed by atoms with E-state index in [1.165, 1.54) is 16.4 Å². The van der Waals surface area contributed by atoms with E-state index in [9.17, 15) is 13.2 Å². The number of sulfonamides is 1. The van der Waals surface area contributed by atoms with Gasteiger partial charge in [0, 0.05) is 26.2 Å². The summed E-state index contributed by atoms with van der Waals surface area (Å²) in [4.78, 5) is 14.1. The smallest absolute Gasteiger partial charge is 0.411 e. The van der Waals surface area contributed by atoms with Gasteiger partial charge in [-0.15, -0.1) is 0 Å². The van der Waals surface area contributed by atoms with Crippen LogP contribution >= 0.6 is 0 Å². The van der Waals surface area contributed by atoms with Crippen LogP contribution in [0.2, 0.25) is 0 Å². The SMILES string of the molecule is CCOC(=O)Nc1cc(S(=O)(=O)N2CCN(c3ccccc3OC)CC2)ccc1OCC. The zero-order valence-electron chi connectivity index (χ0n) is 18.5. The number of hydrogen-bond acceptors (Lipinski definition) is 7. The lowest BCUT2D eigenvalue weighted by Gasteiger charge is -2.36. The second-order valence-corrected chi connectivity index (χ2v) is 8.94. The first-order valence-electron chi connectivity index (χ1n) is 10.5. The molecule has 0 aliphatic carbocycles. The summed E-state index contributed by atoms with van der Waals surface area (Å²) < 4.78 is 43.9. The van der Waals surface area contributed by atoms with Crippen LogP contribution in [0.3, 0.4) is 0 Å².